The minimum Gasteiger partial charge on any atom is -0.396 e. The lowest BCUT2D eigenvalue weighted by Crippen LogP contribution is -2.29. The van der Waals surface area contributed by atoms with Gasteiger partial charge in [0.2, 0.25) is 0 Å². The van der Waals surface area contributed by atoms with Crippen LogP contribution in [-0.2, 0) is 0 Å². The summed E-state index contributed by atoms with van der Waals surface area (Å²) in [6.07, 6.45) is 0.759. The molecule has 0 saturated carbocycles. The number of likely N-dealkylation sites (tertiary alicyclic amines) is 1. The van der Waals surface area contributed by atoms with E-state index in [1.807, 2.05) is 0 Å². The molecule has 0 spiro atoms. The average molecular weight is 329 g/mol. The highest BCUT2D eigenvalue weighted by Gasteiger charge is 2.28. The van der Waals surface area contributed by atoms with E-state index in [0.29, 0.717) is 17.6 Å². The van der Waals surface area contributed by atoms with Crippen LogP contribution in [-0.4, -0.2) is 40.5 Å². The third-order valence-electron chi connectivity index (χ3n) is 3.22. The third-order valence-corrected chi connectivity index (χ3v) is 3.91. The quantitative estimate of drug-likeness (QED) is 0.677. The number of benzene rings is 1. The van der Waals surface area contributed by atoms with Gasteiger partial charge in [-0.2, -0.15) is 0 Å². The fraction of sp³-hybridized carbons (Fsp3) is 0.417. The summed E-state index contributed by atoms with van der Waals surface area (Å²) >= 11 is 3.24. The molecular formula is C12H13BrN2O4. The Morgan fingerprint density at radius 3 is 2.89 bits per heavy atom. The molecule has 2 rings (SSSR count). The number of amides is 1. The minimum absolute atomic E-state index is 0.0554. The molecule has 0 aliphatic carbocycles. The Morgan fingerprint density at radius 2 is 2.32 bits per heavy atom. The van der Waals surface area contributed by atoms with Crippen molar-refractivity contribution in [2.75, 3.05) is 19.7 Å². The largest absolute Gasteiger partial charge is 0.396 e. The molecule has 1 unspecified atom stereocenters. The smallest absolute Gasteiger partial charge is 0.270 e. The monoisotopic (exact) mass is 328 g/mol. The van der Waals surface area contributed by atoms with E-state index >= 15 is 0 Å². The number of nitro groups is 1. The molecule has 0 aromatic heterocycles. The summed E-state index contributed by atoms with van der Waals surface area (Å²) in [4.78, 5) is 24.1. The van der Waals surface area contributed by atoms with Gasteiger partial charge in [-0.3, -0.25) is 14.9 Å². The Bertz CT molecular complexity index is 520. The topological polar surface area (TPSA) is 83.7 Å². The highest BCUT2D eigenvalue weighted by molar-refractivity contribution is 9.10. The van der Waals surface area contributed by atoms with Crippen molar-refractivity contribution in [1.29, 1.82) is 0 Å². The van der Waals surface area contributed by atoms with Crippen molar-refractivity contribution < 1.29 is 14.8 Å². The Morgan fingerprint density at radius 1 is 1.58 bits per heavy atom. The van der Waals surface area contributed by atoms with Crippen LogP contribution in [0, 0.1) is 16.0 Å². The first-order chi connectivity index (χ1) is 9.02. The van der Waals surface area contributed by atoms with Crippen molar-refractivity contribution in [3.05, 3.63) is 38.3 Å². The number of carbonyl (C=O) groups excluding carboxylic acids is 1. The first-order valence-electron chi connectivity index (χ1n) is 5.87. The van der Waals surface area contributed by atoms with Crippen LogP contribution in [0.4, 0.5) is 5.69 Å². The number of aliphatic hydroxyl groups excluding tert-OH is 1. The van der Waals surface area contributed by atoms with Gasteiger partial charge in [0, 0.05) is 42.2 Å². The maximum Gasteiger partial charge on any atom is 0.270 e. The van der Waals surface area contributed by atoms with E-state index in [1.165, 1.54) is 18.2 Å². The molecule has 1 atom stereocenters. The first-order valence-corrected chi connectivity index (χ1v) is 6.66. The maximum atomic E-state index is 12.3. The third kappa shape index (κ3) is 2.93. The van der Waals surface area contributed by atoms with Gasteiger partial charge in [0.1, 0.15) is 0 Å². The van der Waals surface area contributed by atoms with E-state index in [0.717, 1.165) is 6.42 Å². The predicted molar refractivity (Wildman–Crippen MR) is 71.9 cm³/mol. The van der Waals surface area contributed by atoms with Gasteiger partial charge in [0.25, 0.3) is 11.6 Å². The van der Waals surface area contributed by atoms with Crippen LogP contribution < -0.4 is 0 Å². The van der Waals surface area contributed by atoms with Gasteiger partial charge in [-0.15, -0.1) is 0 Å². The van der Waals surface area contributed by atoms with E-state index in [9.17, 15) is 14.9 Å². The van der Waals surface area contributed by atoms with Gasteiger partial charge in [-0.25, -0.2) is 0 Å². The maximum absolute atomic E-state index is 12.3. The summed E-state index contributed by atoms with van der Waals surface area (Å²) in [5, 5.41) is 19.8. The van der Waals surface area contributed by atoms with E-state index in [-0.39, 0.29) is 29.7 Å². The summed E-state index contributed by atoms with van der Waals surface area (Å²) in [7, 11) is 0. The van der Waals surface area contributed by atoms with Gasteiger partial charge < -0.3 is 10.0 Å². The summed E-state index contributed by atoms with van der Waals surface area (Å²) in [6.45, 7) is 1.11. The van der Waals surface area contributed by atoms with Gasteiger partial charge in [-0.1, -0.05) is 0 Å². The molecular weight excluding hydrogens is 316 g/mol. The van der Waals surface area contributed by atoms with Gasteiger partial charge in [0.05, 0.1) is 10.5 Å². The molecule has 19 heavy (non-hydrogen) atoms. The zero-order chi connectivity index (χ0) is 14.0. The van der Waals surface area contributed by atoms with E-state index in [1.54, 1.807) is 4.90 Å². The molecule has 1 aliphatic rings. The number of nitrogens with zero attached hydrogens (tertiary/aromatic N) is 2. The molecule has 1 aromatic carbocycles. The molecule has 1 amide bonds. The summed E-state index contributed by atoms with van der Waals surface area (Å²) in [6, 6.07) is 4.13. The van der Waals surface area contributed by atoms with Gasteiger partial charge in [0.15, 0.2) is 0 Å². The summed E-state index contributed by atoms with van der Waals surface area (Å²) < 4.78 is 0.538. The molecule has 0 bridgehead atoms. The average Bonchev–Trinajstić information content (AvgIpc) is 2.87. The van der Waals surface area contributed by atoms with Crippen LogP contribution in [0.3, 0.4) is 0 Å². The second kappa shape index (κ2) is 5.66. The number of aliphatic hydroxyl groups is 1. The van der Waals surface area contributed by atoms with Crippen LogP contribution in [0.25, 0.3) is 0 Å². The molecule has 1 aromatic rings. The highest BCUT2D eigenvalue weighted by atomic mass is 79.9. The van der Waals surface area contributed by atoms with Crippen LogP contribution in [0.2, 0.25) is 0 Å². The molecule has 7 heteroatoms. The van der Waals surface area contributed by atoms with Crippen LogP contribution in [0.15, 0.2) is 22.7 Å². The highest BCUT2D eigenvalue weighted by Crippen LogP contribution is 2.26. The van der Waals surface area contributed by atoms with Crippen molar-refractivity contribution in [2.45, 2.75) is 6.42 Å². The normalized spacial score (nSPS) is 18.6. The lowest BCUT2D eigenvalue weighted by Gasteiger charge is -2.16. The molecule has 102 valence electrons. The molecule has 1 saturated heterocycles. The zero-order valence-electron chi connectivity index (χ0n) is 10.1. The molecule has 1 N–H and O–H groups in total. The number of hydrogen-bond donors (Lipinski definition) is 1. The van der Waals surface area contributed by atoms with Crippen molar-refractivity contribution in [3.63, 3.8) is 0 Å². The van der Waals surface area contributed by atoms with E-state index in [4.69, 9.17) is 5.11 Å². The number of halogens is 1. The molecule has 0 radical (unpaired) electrons. The Balaban J connectivity index is 2.24. The fourth-order valence-corrected chi connectivity index (χ4v) is 2.54. The van der Waals surface area contributed by atoms with Crippen molar-refractivity contribution in [2.24, 2.45) is 5.92 Å². The Kier molecular flexibility index (Phi) is 4.16. The summed E-state index contributed by atoms with van der Waals surface area (Å²) in [5.74, 6) is -0.145. The number of carbonyl (C=O) groups is 1. The Labute approximate surface area is 118 Å². The van der Waals surface area contributed by atoms with E-state index < -0.39 is 4.92 Å². The van der Waals surface area contributed by atoms with E-state index in [2.05, 4.69) is 15.9 Å². The van der Waals surface area contributed by atoms with Crippen LogP contribution in [0.5, 0.6) is 0 Å². The van der Waals surface area contributed by atoms with Crippen molar-refractivity contribution >= 4 is 27.5 Å². The number of non-ortho nitro benzene ring substituents is 1. The Hall–Kier alpha value is -1.47. The van der Waals surface area contributed by atoms with Crippen molar-refractivity contribution in [3.8, 4) is 0 Å². The van der Waals surface area contributed by atoms with Crippen molar-refractivity contribution in [1.82, 2.24) is 4.90 Å². The fourth-order valence-electron chi connectivity index (χ4n) is 2.13. The second-order valence-corrected chi connectivity index (χ2v) is 5.36. The van der Waals surface area contributed by atoms with Crippen LogP contribution >= 0.6 is 15.9 Å². The van der Waals surface area contributed by atoms with Gasteiger partial charge >= 0.3 is 0 Å². The summed E-state index contributed by atoms with van der Waals surface area (Å²) in [5.41, 5.74) is 0.178. The molecule has 1 aliphatic heterocycles. The number of hydrogen-bond acceptors (Lipinski definition) is 4. The molecule has 1 heterocycles. The van der Waals surface area contributed by atoms with Crippen LogP contribution in [0.1, 0.15) is 16.8 Å². The number of nitro benzene ring substituents is 1. The first kappa shape index (κ1) is 14.0. The molecule has 1 fully saturated rings. The molecule has 6 nitrogen and oxygen atoms in total. The second-order valence-electron chi connectivity index (χ2n) is 4.51. The zero-order valence-corrected chi connectivity index (χ0v) is 11.7. The number of rotatable bonds is 3. The lowest BCUT2D eigenvalue weighted by molar-refractivity contribution is -0.384. The predicted octanol–water partition coefficient (Wildman–Crippen LogP) is 1.81. The lowest BCUT2D eigenvalue weighted by atomic mass is 10.1. The van der Waals surface area contributed by atoms with Gasteiger partial charge in [-0.05, 0) is 28.4 Å². The SMILES string of the molecule is O=C(c1cc([N+](=O)[O-])ccc1Br)N1CCC(CO)C1. The standard InChI is InChI=1S/C12H13BrN2O4/c13-11-2-1-9(15(18)19)5-10(11)12(17)14-4-3-8(6-14)7-16/h1-2,5,8,16H,3-4,6-7H2. The minimum atomic E-state index is -0.524.